The molecule has 2 heterocycles. The number of carbonyl (C=O) groups excluding carboxylic acids is 1. The number of nitrogens with zero attached hydrogens (tertiary/aromatic N) is 1. The van der Waals surface area contributed by atoms with Crippen molar-refractivity contribution in [3.05, 3.63) is 46.2 Å². The molecule has 0 unspecified atom stereocenters. The second-order valence-electron chi connectivity index (χ2n) is 3.91. The van der Waals surface area contributed by atoms with Crippen molar-refractivity contribution in [1.29, 1.82) is 0 Å². The van der Waals surface area contributed by atoms with Gasteiger partial charge in [0, 0.05) is 5.38 Å². The molecule has 1 N–H and O–H groups in total. The van der Waals surface area contributed by atoms with E-state index in [-0.39, 0.29) is 5.91 Å². The van der Waals surface area contributed by atoms with Crippen LogP contribution in [0.15, 0.2) is 35.0 Å². The first-order valence-corrected chi connectivity index (χ1v) is 7.19. The number of aromatic nitrogens is 1. The summed E-state index contributed by atoms with van der Waals surface area (Å²) >= 11 is 3.01. The molecule has 0 radical (unpaired) electrons. The van der Waals surface area contributed by atoms with Gasteiger partial charge in [-0.2, -0.15) is 11.3 Å². The molecule has 0 saturated heterocycles. The van der Waals surface area contributed by atoms with Gasteiger partial charge in [0.25, 0.3) is 5.91 Å². The van der Waals surface area contributed by atoms with E-state index in [4.69, 9.17) is 0 Å². The number of hydrogen-bond acceptors (Lipinski definition) is 4. The highest BCUT2D eigenvalue weighted by molar-refractivity contribution is 7.22. The van der Waals surface area contributed by atoms with Gasteiger partial charge >= 0.3 is 0 Å². The number of thiophene rings is 1. The number of nitrogens with one attached hydrogen (secondary N) is 1. The summed E-state index contributed by atoms with van der Waals surface area (Å²) in [7, 11) is 0. The topological polar surface area (TPSA) is 42.0 Å². The average Bonchev–Trinajstić information content (AvgIpc) is 2.97. The fourth-order valence-corrected chi connectivity index (χ4v) is 3.28. The van der Waals surface area contributed by atoms with Crippen molar-refractivity contribution in [3.8, 4) is 0 Å². The molecular formula is C13H10N2OS2. The molecule has 3 nitrogen and oxygen atoms in total. The van der Waals surface area contributed by atoms with Gasteiger partial charge < -0.3 is 0 Å². The van der Waals surface area contributed by atoms with E-state index in [2.05, 4.69) is 10.3 Å². The molecule has 18 heavy (non-hydrogen) atoms. The smallest absolute Gasteiger partial charge is 0.258 e. The van der Waals surface area contributed by atoms with Crippen molar-refractivity contribution >= 4 is 43.9 Å². The SMILES string of the molecule is Cc1cccc2sc(NC(=O)c3ccsc3)nc12. The van der Waals surface area contributed by atoms with Gasteiger partial charge in [0.15, 0.2) is 5.13 Å². The number of thiazole rings is 1. The van der Waals surface area contributed by atoms with E-state index >= 15 is 0 Å². The third-order valence-electron chi connectivity index (χ3n) is 2.62. The first-order valence-electron chi connectivity index (χ1n) is 5.44. The van der Waals surface area contributed by atoms with Gasteiger partial charge in [0.1, 0.15) is 0 Å². The molecule has 1 aromatic carbocycles. The van der Waals surface area contributed by atoms with E-state index in [1.807, 2.05) is 35.9 Å². The van der Waals surface area contributed by atoms with Crippen molar-refractivity contribution in [3.63, 3.8) is 0 Å². The largest absolute Gasteiger partial charge is 0.298 e. The number of fused-ring (bicyclic) bond motifs is 1. The first-order chi connectivity index (χ1) is 8.74. The van der Waals surface area contributed by atoms with Crippen LogP contribution in [0, 0.1) is 6.92 Å². The Balaban J connectivity index is 1.92. The number of amides is 1. The first kappa shape index (κ1) is 11.4. The zero-order valence-electron chi connectivity index (χ0n) is 9.64. The Hall–Kier alpha value is -1.72. The Kier molecular flexibility index (Phi) is 2.85. The lowest BCUT2D eigenvalue weighted by Gasteiger charge is -1.97. The van der Waals surface area contributed by atoms with Gasteiger partial charge in [-0.3, -0.25) is 10.1 Å². The predicted octanol–water partition coefficient (Wildman–Crippen LogP) is 3.92. The van der Waals surface area contributed by atoms with Crippen LogP contribution in [-0.2, 0) is 0 Å². The Morgan fingerprint density at radius 1 is 1.33 bits per heavy atom. The summed E-state index contributed by atoms with van der Waals surface area (Å²) in [5.41, 5.74) is 2.76. The maximum absolute atomic E-state index is 11.9. The third-order valence-corrected chi connectivity index (χ3v) is 4.24. The summed E-state index contributed by atoms with van der Waals surface area (Å²) in [5.74, 6) is -0.104. The molecule has 0 fully saturated rings. The van der Waals surface area contributed by atoms with Gasteiger partial charge in [0.2, 0.25) is 0 Å². The van der Waals surface area contributed by atoms with Crippen molar-refractivity contribution < 1.29 is 4.79 Å². The second-order valence-corrected chi connectivity index (χ2v) is 5.72. The van der Waals surface area contributed by atoms with Crippen LogP contribution in [0.25, 0.3) is 10.2 Å². The van der Waals surface area contributed by atoms with Crippen LogP contribution in [0.1, 0.15) is 15.9 Å². The van der Waals surface area contributed by atoms with E-state index in [0.29, 0.717) is 10.7 Å². The number of benzene rings is 1. The van der Waals surface area contributed by atoms with Crippen LogP contribution in [0.4, 0.5) is 5.13 Å². The minimum absolute atomic E-state index is 0.104. The van der Waals surface area contributed by atoms with Crippen LogP contribution in [0.5, 0.6) is 0 Å². The van der Waals surface area contributed by atoms with E-state index < -0.39 is 0 Å². The normalized spacial score (nSPS) is 10.7. The van der Waals surface area contributed by atoms with Crippen LogP contribution in [0.3, 0.4) is 0 Å². The third kappa shape index (κ3) is 2.02. The number of para-hydroxylation sites is 1. The molecule has 0 saturated carbocycles. The zero-order valence-corrected chi connectivity index (χ0v) is 11.3. The fourth-order valence-electron chi connectivity index (χ4n) is 1.70. The Morgan fingerprint density at radius 3 is 2.94 bits per heavy atom. The van der Waals surface area contributed by atoms with Crippen LogP contribution >= 0.6 is 22.7 Å². The minimum Gasteiger partial charge on any atom is -0.298 e. The quantitative estimate of drug-likeness (QED) is 0.769. The lowest BCUT2D eigenvalue weighted by Crippen LogP contribution is -2.10. The summed E-state index contributed by atoms with van der Waals surface area (Å²) in [5, 5.41) is 7.20. The number of hydrogen-bond donors (Lipinski definition) is 1. The molecule has 1 amide bonds. The lowest BCUT2D eigenvalue weighted by molar-refractivity contribution is 0.102. The van der Waals surface area contributed by atoms with Gasteiger partial charge in [-0.1, -0.05) is 23.5 Å². The van der Waals surface area contributed by atoms with Crippen LogP contribution in [0.2, 0.25) is 0 Å². The molecule has 0 spiro atoms. The molecule has 0 atom stereocenters. The monoisotopic (exact) mass is 274 g/mol. The maximum Gasteiger partial charge on any atom is 0.258 e. The Bertz CT molecular complexity index is 701. The van der Waals surface area contributed by atoms with Crippen molar-refractivity contribution in [2.24, 2.45) is 0 Å². The van der Waals surface area contributed by atoms with Crippen molar-refractivity contribution in [1.82, 2.24) is 4.98 Å². The molecule has 0 aliphatic heterocycles. The molecule has 3 rings (SSSR count). The van der Waals surface area contributed by atoms with E-state index in [1.165, 1.54) is 22.7 Å². The van der Waals surface area contributed by atoms with Crippen molar-refractivity contribution in [2.75, 3.05) is 5.32 Å². The summed E-state index contributed by atoms with van der Waals surface area (Å²) in [4.78, 5) is 16.4. The standard InChI is InChI=1S/C13H10N2OS2/c1-8-3-2-4-10-11(8)14-13(18-10)15-12(16)9-5-6-17-7-9/h2-7H,1H3,(H,14,15,16). The van der Waals surface area contributed by atoms with Gasteiger partial charge in [-0.15, -0.1) is 0 Å². The number of carbonyl (C=O) groups is 1. The predicted molar refractivity (Wildman–Crippen MR) is 76.6 cm³/mol. The van der Waals surface area contributed by atoms with Gasteiger partial charge in [-0.25, -0.2) is 4.98 Å². The van der Waals surface area contributed by atoms with Crippen molar-refractivity contribution in [2.45, 2.75) is 6.92 Å². The Morgan fingerprint density at radius 2 is 2.22 bits per heavy atom. The Labute approximate surface area is 112 Å². The average molecular weight is 274 g/mol. The molecule has 5 heteroatoms. The van der Waals surface area contributed by atoms with Gasteiger partial charge in [-0.05, 0) is 30.0 Å². The molecule has 0 aliphatic rings. The number of anilines is 1. The fraction of sp³-hybridized carbons (Fsp3) is 0.0769. The summed E-state index contributed by atoms with van der Waals surface area (Å²) < 4.78 is 1.09. The van der Waals surface area contributed by atoms with E-state index in [9.17, 15) is 4.79 Å². The number of aryl methyl sites for hydroxylation is 1. The van der Waals surface area contributed by atoms with E-state index in [0.717, 1.165) is 15.8 Å². The summed E-state index contributed by atoms with van der Waals surface area (Å²) in [6.45, 7) is 2.02. The summed E-state index contributed by atoms with van der Waals surface area (Å²) in [6.07, 6.45) is 0. The maximum atomic E-state index is 11.9. The minimum atomic E-state index is -0.104. The molecule has 90 valence electrons. The highest BCUT2D eigenvalue weighted by Crippen LogP contribution is 2.28. The number of rotatable bonds is 2. The molecule has 0 bridgehead atoms. The van der Waals surface area contributed by atoms with Gasteiger partial charge in [0.05, 0.1) is 15.8 Å². The summed E-state index contributed by atoms with van der Waals surface area (Å²) in [6, 6.07) is 7.84. The molecule has 3 aromatic rings. The second kappa shape index (κ2) is 4.51. The highest BCUT2D eigenvalue weighted by atomic mass is 32.1. The molecular weight excluding hydrogens is 264 g/mol. The molecule has 0 aliphatic carbocycles. The highest BCUT2D eigenvalue weighted by Gasteiger charge is 2.10. The van der Waals surface area contributed by atoms with Crippen LogP contribution in [-0.4, -0.2) is 10.9 Å². The zero-order chi connectivity index (χ0) is 12.5. The lowest BCUT2D eigenvalue weighted by atomic mass is 10.2. The van der Waals surface area contributed by atoms with Crippen LogP contribution < -0.4 is 5.32 Å². The molecule has 2 aromatic heterocycles. The van der Waals surface area contributed by atoms with E-state index in [1.54, 1.807) is 6.07 Å².